The first-order valence-electron chi connectivity index (χ1n) is 8.77. The molecule has 9 heteroatoms. The molecule has 5 nitrogen and oxygen atoms in total. The minimum absolute atomic E-state index is 0.0136. The van der Waals surface area contributed by atoms with E-state index in [9.17, 15) is 18.0 Å². The third kappa shape index (κ3) is 4.05. The molecule has 27 heavy (non-hydrogen) atoms. The van der Waals surface area contributed by atoms with E-state index in [4.69, 9.17) is 11.6 Å². The van der Waals surface area contributed by atoms with Crippen LogP contribution in [0.4, 0.5) is 19.0 Å². The summed E-state index contributed by atoms with van der Waals surface area (Å²) in [7, 11) is 0. The highest BCUT2D eigenvalue weighted by Gasteiger charge is 2.47. The van der Waals surface area contributed by atoms with Crippen LogP contribution < -0.4 is 10.6 Å². The summed E-state index contributed by atoms with van der Waals surface area (Å²) in [6.07, 6.45) is -3.12. The molecule has 0 fully saturated rings. The van der Waals surface area contributed by atoms with E-state index >= 15 is 0 Å². The van der Waals surface area contributed by atoms with Crippen LogP contribution in [0.5, 0.6) is 0 Å². The van der Waals surface area contributed by atoms with Gasteiger partial charge in [0.2, 0.25) is 0 Å². The second kappa shape index (κ2) is 7.80. The summed E-state index contributed by atoms with van der Waals surface area (Å²) in [4.78, 5) is 12.3. The SMILES string of the molecule is CCCCNC(=O)c1nn2c(c1Cl)N[C@H](c1ccccc1)C[C@@H]2C(F)(F)F. The van der Waals surface area contributed by atoms with Gasteiger partial charge in [-0.05, 0) is 12.0 Å². The maximum absolute atomic E-state index is 13.7. The number of hydrogen-bond donors (Lipinski definition) is 2. The van der Waals surface area contributed by atoms with Crippen LogP contribution in [0, 0.1) is 0 Å². The molecule has 0 bridgehead atoms. The third-order valence-electron chi connectivity index (χ3n) is 4.53. The van der Waals surface area contributed by atoms with E-state index in [1.807, 2.05) is 6.92 Å². The average molecular weight is 401 g/mol. The van der Waals surface area contributed by atoms with E-state index in [1.165, 1.54) is 0 Å². The van der Waals surface area contributed by atoms with E-state index in [-0.39, 0.29) is 23.0 Å². The molecule has 1 aliphatic heterocycles. The fourth-order valence-corrected chi connectivity index (χ4v) is 3.37. The van der Waals surface area contributed by atoms with Crippen molar-refractivity contribution in [3.8, 4) is 0 Å². The molecule has 3 rings (SSSR count). The first-order chi connectivity index (χ1) is 12.8. The normalized spacial score (nSPS) is 19.3. The van der Waals surface area contributed by atoms with Crippen LogP contribution in [0.2, 0.25) is 5.02 Å². The number of carbonyl (C=O) groups excluding carboxylic acids is 1. The number of nitrogens with zero attached hydrogens (tertiary/aromatic N) is 2. The summed E-state index contributed by atoms with van der Waals surface area (Å²) >= 11 is 6.24. The van der Waals surface area contributed by atoms with Gasteiger partial charge in [0.1, 0.15) is 10.8 Å². The molecular formula is C18H20ClF3N4O. The van der Waals surface area contributed by atoms with Crippen molar-refractivity contribution in [1.82, 2.24) is 15.1 Å². The Kier molecular flexibility index (Phi) is 5.64. The second-order valence-corrected chi connectivity index (χ2v) is 6.84. The number of benzene rings is 1. The number of nitrogens with one attached hydrogen (secondary N) is 2. The van der Waals surface area contributed by atoms with E-state index in [1.54, 1.807) is 30.3 Å². The van der Waals surface area contributed by atoms with Crippen molar-refractivity contribution in [2.75, 3.05) is 11.9 Å². The highest BCUT2D eigenvalue weighted by molar-refractivity contribution is 6.36. The second-order valence-electron chi connectivity index (χ2n) is 6.47. The fourth-order valence-electron chi connectivity index (χ4n) is 3.10. The number of fused-ring (bicyclic) bond motifs is 1. The standard InChI is InChI=1S/C18H20ClF3N4O/c1-2-3-9-23-17(27)15-14(19)16-24-12(11-7-5-4-6-8-11)10-13(18(20,21)22)26(16)25-15/h4-8,12-13,24H,2-3,9-10H2,1H3,(H,23,27)/t12-,13+/m0/s1. The molecule has 0 saturated heterocycles. The zero-order valence-electron chi connectivity index (χ0n) is 14.7. The molecular weight excluding hydrogens is 381 g/mol. The molecule has 0 spiro atoms. The van der Waals surface area contributed by atoms with Crippen LogP contribution in [0.25, 0.3) is 0 Å². The molecule has 2 N–H and O–H groups in total. The molecule has 0 radical (unpaired) electrons. The molecule has 0 aliphatic carbocycles. The van der Waals surface area contributed by atoms with Gasteiger partial charge in [-0.3, -0.25) is 4.79 Å². The van der Waals surface area contributed by atoms with Gasteiger partial charge in [-0.25, -0.2) is 4.68 Å². The number of anilines is 1. The molecule has 2 heterocycles. The lowest BCUT2D eigenvalue weighted by Gasteiger charge is -2.33. The molecule has 1 aliphatic rings. The predicted molar refractivity (Wildman–Crippen MR) is 97.0 cm³/mol. The number of rotatable bonds is 5. The molecule has 1 aromatic carbocycles. The smallest absolute Gasteiger partial charge is 0.362 e. The highest BCUT2D eigenvalue weighted by atomic mass is 35.5. The van der Waals surface area contributed by atoms with Gasteiger partial charge in [0.05, 0.1) is 6.04 Å². The largest absolute Gasteiger partial charge is 0.410 e. The van der Waals surface area contributed by atoms with Crippen molar-refractivity contribution in [3.05, 3.63) is 46.6 Å². The molecule has 146 valence electrons. The summed E-state index contributed by atoms with van der Waals surface area (Å²) in [6, 6.07) is 6.37. The zero-order valence-corrected chi connectivity index (χ0v) is 15.4. The lowest BCUT2D eigenvalue weighted by Crippen LogP contribution is -2.36. The van der Waals surface area contributed by atoms with E-state index < -0.39 is 24.2 Å². The Hall–Kier alpha value is -2.22. The predicted octanol–water partition coefficient (Wildman–Crippen LogP) is 4.73. The average Bonchev–Trinajstić information content (AvgIpc) is 2.98. The number of alkyl halides is 3. The Labute approximate surface area is 159 Å². The van der Waals surface area contributed by atoms with Gasteiger partial charge in [0, 0.05) is 13.0 Å². The van der Waals surface area contributed by atoms with Gasteiger partial charge in [0.15, 0.2) is 11.7 Å². The van der Waals surface area contributed by atoms with Gasteiger partial charge in [-0.2, -0.15) is 18.3 Å². The van der Waals surface area contributed by atoms with Crippen LogP contribution in [0.3, 0.4) is 0 Å². The van der Waals surface area contributed by atoms with Gasteiger partial charge >= 0.3 is 6.18 Å². The minimum Gasteiger partial charge on any atom is -0.362 e. The summed E-state index contributed by atoms with van der Waals surface area (Å²) in [6.45, 7) is 2.38. The van der Waals surface area contributed by atoms with Gasteiger partial charge in [-0.15, -0.1) is 0 Å². The number of carbonyl (C=O) groups is 1. The fraction of sp³-hybridized carbons (Fsp3) is 0.444. The first-order valence-corrected chi connectivity index (χ1v) is 9.15. The minimum atomic E-state index is -4.52. The zero-order chi connectivity index (χ0) is 19.6. The van der Waals surface area contributed by atoms with Crippen LogP contribution in [-0.4, -0.2) is 28.4 Å². The number of halogens is 4. The maximum atomic E-state index is 13.7. The van der Waals surface area contributed by atoms with Gasteiger partial charge in [-0.1, -0.05) is 55.3 Å². The molecule has 0 saturated carbocycles. The van der Waals surface area contributed by atoms with Crippen molar-refractivity contribution < 1.29 is 18.0 Å². The van der Waals surface area contributed by atoms with Crippen molar-refractivity contribution in [3.63, 3.8) is 0 Å². The number of aromatic nitrogens is 2. The Balaban J connectivity index is 1.96. The lowest BCUT2D eigenvalue weighted by atomic mass is 9.97. The summed E-state index contributed by atoms with van der Waals surface area (Å²) in [5.41, 5.74) is 0.516. The quantitative estimate of drug-likeness (QED) is 0.713. The maximum Gasteiger partial charge on any atom is 0.410 e. The van der Waals surface area contributed by atoms with Crippen LogP contribution in [0.1, 0.15) is 54.3 Å². The number of unbranched alkanes of at least 4 members (excludes halogenated alkanes) is 1. The van der Waals surface area contributed by atoms with Crippen molar-refractivity contribution >= 4 is 23.3 Å². The first kappa shape index (κ1) is 19.5. The number of hydrogen-bond acceptors (Lipinski definition) is 3. The van der Waals surface area contributed by atoms with Gasteiger partial charge < -0.3 is 10.6 Å². The third-order valence-corrected chi connectivity index (χ3v) is 4.89. The van der Waals surface area contributed by atoms with Crippen LogP contribution in [-0.2, 0) is 0 Å². The van der Waals surface area contributed by atoms with Crippen LogP contribution >= 0.6 is 11.6 Å². The molecule has 0 unspecified atom stereocenters. The Morgan fingerprint density at radius 3 is 2.70 bits per heavy atom. The Morgan fingerprint density at radius 2 is 2.07 bits per heavy atom. The van der Waals surface area contributed by atoms with E-state index in [0.717, 1.165) is 17.5 Å². The Morgan fingerprint density at radius 1 is 1.37 bits per heavy atom. The highest BCUT2D eigenvalue weighted by Crippen LogP contribution is 2.46. The summed E-state index contributed by atoms with van der Waals surface area (Å²) < 4.78 is 41.8. The van der Waals surface area contributed by atoms with Crippen molar-refractivity contribution in [2.24, 2.45) is 0 Å². The van der Waals surface area contributed by atoms with E-state index in [2.05, 4.69) is 15.7 Å². The molecule has 1 aromatic heterocycles. The van der Waals surface area contributed by atoms with Crippen molar-refractivity contribution in [2.45, 2.75) is 44.4 Å². The molecule has 1 amide bonds. The monoisotopic (exact) mass is 400 g/mol. The number of amides is 1. The topological polar surface area (TPSA) is 59.0 Å². The van der Waals surface area contributed by atoms with Crippen LogP contribution in [0.15, 0.2) is 30.3 Å². The summed E-state index contributed by atoms with van der Waals surface area (Å²) in [5.74, 6) is -0.561. The van der Waals surface area contributed by atoms with Crippen molar-refractivity contribution in [1.29, 1.82) is 0 Å². The van der Waals surface area contributed by atoms with E-state index in [0.29, 0.717) is 12.1 Å². The van der Waals surface area contributed by atoms with Gasteiger partial charge in [0.25, 0.3) is 5.91 Å². The Bertz CT molecular complexity index is 807. The molecule has 2 atom stereocenters. The lowest BCUT2D eigenvalue weighted by molar-refractivity contribution is -0.173. The summed E-state index contributed by atoms with van der Waals surface area (Å²) in [5, 5.41) is 9.45. The molecule has 2 aromatic rings.